The lowest BCUT2D eigenvalue weighted by molar-refractivity contribution is -0.117. The predicted molar refractivity (Wildman–Crippen MR) is 69.5 cm³/mol. The molecule has 0 saturated carbocycles. The SMILES string of the molecule is CCC(Oc1cccc2ccccc12)C(=O)Cl. The molecule has 1 unspecified atom stereocenters. The van der Waals surface area contributed by atoms with E-state index in [1.54, 1.807) is 0 Å². The van der Waals surface area contributed by atoms with E-state index in [1.807, 2.05) is 49.4 Å². The molecule has 2 nitrogen and oxygen atoms in total. The van der Waals surface area contributed by atoms with Gasteiger partial charge in [0.25, 0.3) is 5.24 Å². The molecule has 0 bridgehead atoms. The molecule has 88 valence electrons. The topological polar surface area (TPSA) is 26.3 Å². The molecule has 0 spiro atoms. The molecule has 1 atom stereocenters. The second-order valence-electron chi connectivity index (χ2n) is 3.80. The van der Waals surface area contributed by atoms with Gasteiger partial charge in [0.05, 0.1) is 0 Å². The number of fused-ring (bicyclic) bond motifs is 1. The van der Waals surface area contributed by atoms with E-state index in [2.05, 4.69) is 0 Å². The Hall–Kier alpha value is -1.54. The lowest BCUT2D eigenvalue weighted by atomic mass is 10.1. The van der Waals surface area contributed by atoms with Crippen LogP contribution in [0.1, 0.15) is 13.3 Å². The van der Waals surface area contributed by atoms with Gasteiger partial charge in [-0.3, -0.25) is 4.79 Å². The second kappa shape index (κ2) is 5.19. The Morgan fingerprint density at radius 3 is 2.65 bits per heavy atom. The van der Waals surface area contributed by atoms with Crippen molar-refractivity contribution < 1.29 is 9.53 Å². The molecule has 0 aliphatic heterocycles. The maximum atomic E-state index is 11.2. The molecule has 0 aliphatic carbocycles. The summed E-state index contributed by atoms with van der Waals surface area (Å²) in [4.78, 5) is 11.2. The van der Waals surface area contributed by atoms with Gasteiger partial charge in [0, 0.05) is 5.39 Å². The zero-order valence-corrected chi connectivity index (χ0v) is 10.3. The average Bonchev–Trinajstić information content (AvgIpc) is 2.35. The molecule has 3 heteroatoms. The molecule has 0 N–H and O–H groups in total. The molecule has 0 aromatic heterocycles. The van der Waals surface area contributed by atoms with Crippen LogP contribution in [0.2, 0.25) is 0 Å². The lowest BCUT2D eigenvalue weighted by Crippen LogP contribution is -2.22. The quantitative estimate of drug-likeness (QED) is 0.770. The largest absolute Gasteiger partial charge is 0.481 e. The Labute approximate surface area is 105 Å². The fourth-order valence-electron chi connectivity index (χ4n) is 1.74. The number of ether oxygens (including phenoxy) is 1. The van der Waals surface area contributed by atoms with Crippen LogP contribution in [-0.4, -0.2) is 11.3 Å². The van der Waals surface area contributed by atoms with Crippen LogP contribution in [-0.2, 0) is 4.79 Å². The van der Waals surface area contributed by atoms with Gasteiger partial charge in [0.2, 0.25) is 0 Å². The average molecular weight is 249 g/mol. The summed E-state index contributed by atoms with van der Waals surface area (Å²) in [6, 6.07) is 13.6. The molecule has 2 aromatic carbocycles. The molecule has 0 amide bonds. The maximum Gasteiger partial charge on any atom is 0.262 e. The summed E-state index contributed by atoms with van der Waals surface area (Å²) in [5.74, 6) is 0.698. The molecule has 0 radical (unpaired) electrons. The number of carbonyl (C=O) groups is 1. The minimum Gasteiger partial charge on any atom is -0.481 e. The summed E-state index contributed by atoms with van der Waals surface area (Å²) < 4.78 is 5.66. The number of hydrogen-bond donors (Lipinski definition) is 0. The number of benzene rings is 2. The highest BCUT2D eigenvalue weighted by molar-refractivity contribution is 6.64. The van der Waals surface area contributed by atoms with E-state index >= 15 is 0 Å². The van der Waals surface area contributed by atoms with Gasteiger partial charge in [-0.1, -0.05) is 43.3 Å². The first-order valence-electron chi connectivity index (χ1n) is 5.56. The van der Waals surface area contributed by atoms with Crippen molar-refractivity contribution in [2.75, 3.05) is 0 Å². The number of carbonyl (C=O) groups excluding carboxylic acids is 1. The summed E-state index contributed by atoms with van der Waals surface area (Å²) in [6.07, 6.45) is -0.0200. The molecular formula is C14H13ClO2. The van der Waals surface area contributed by atoms with E-state index in [0.717, 1.165) is 10.8 Å². The minimum atomic E-state index is -0.581. The van der Waals surface area contributed by atoms with Crippen molar-refractivity contribution in [2.24, 2.45) is 0 Å². The summed E-state index contributed by atoms with van der Waals surface area (Å²) in [5.41, 5.74) is 0. The highest BCUT2D eigenvalue weighted by Crippen LogP contribution is 2.26. The molecule has 17 heavy (non-hydrogen) atoms. The van der Waals surface area contributed by atoms with Gasteiger partial charge in [-0.2, -0.15) is 0 Å². The fourth-order valence-corrected chi connectivity index (χ4v) is 1.94. The van der Waals surface area contributed by atoms with Gasteiger partial charge in [-0.25, -0.2) is 0 Å². The molecular weight excluding hydrogens is 236 g/mol. The summed E-state index contributed by atoms with van der Waals surface area (Å²) >= 11 is 5.48. The third kappa shape index (κ3) is 2.59. The molecule has 2 rings (SSSR count). The van der Waals surface area contributed by atoms with Gasteiger partial charge in [-0.15, -0.1) is 0 Å². The first-order chi connectivity index (χ1) is 8.22. The van der Waals surface area contributed by atoms with Crippen molar-refractivity contribution in [3.05, 3.63) is 42.5 Å². The maximum absolute atomic E-state index is 11.2. The second-order valence-corrected chi connectivity index (χ2v) is 4.17. The van der Waals surface area contributed by atoms with Crippen molar-refractivity contribution in [1.29, 1.82) is 0 Å². The Morgan fingerprint density at radius 1 is 1.24 bits per heavy atom. The van der Waals surface area contributed by atoms with Crippen LogP contribution in [0.15, 0.2) is 42.5 Å². The van der Waals surface area contributed by atoms with E-state index in [4.69, 9.17) is 16.3 Å². The zero-order valence-electron chi connectivity index (χ0n) is 9.52. The summed E-state index contributed by atoms with van der Waals surface area (Å²) in [7, 11) is 0. The van der Waals surface area contributed by atoms with Crippen molar-refractivity contribution in [3.8, 4) is 5.75 Å². The third-order valence-electron chi connectivity index (χ3n) is 2.64. The number of halogens is 1. The van der Waals surface area contributed by atoms with Crippen LogP contribution in [0.5, 0.6) is 5.75 Å². The van der Waals surface area contributed by atoms with Crippen LogP contribution in [0.4, 0.5) is 0 Å². The Kier molecular flexibility index (Phi) is 3.64. The molecule has 0 saturated heterocycles. The first kappa shape index (κ1) is 11.9. The number of rotatable bonds is 4. The van der Waals surface area contributed by atoms with Crippen LogP contribution in [0.25, 0.3) is 10.8 Å². The Bertz CT molecular complexity index is 531. The predicted octanol–water partition coefficient (Wildman–Crippen LogP) is 3.76. The van der Waals surface area contributed by atoms with Gasteiger partial charge in [0.1, 0.15) is 5.75 Å². The van der Waals surface area contributed by atoms with Crippen molar-refractivity contribution in [1.82, 2.24) is 0 Å². The van der Waals surface area contributed by atoms with E-state index in [9.17, 15) is 4.79 Å². The van der Waals surface area contributed by atoms with E-state index in [-0.39, 0.29) is 0 Å². The minimum absolute atomic E-state index is 0.458. The summed E-state index contributed by atoms with van der Waals surface area (Å²) in [5, 5.41) is 1.62. The molecule has 0 aliphatic rings. The van der Waals surface area contributed by atoms with E-state index in [0.29, 0.717) is 12.2 Å². The third-order valence-corrected chi connectivity index (χ3v) is 2.89. The van der Waals surface area contributed by atoms with Gasteiger partial charge in [-0.05, 0) is 29.5 Å². The van der Waals surface area contributed by atoms with Crippen molar-refractivity contribution in [2.45, 2.75) is 19.4 Å². The summed E-state index contributed by atoms with van der Waals surface area (Å²) in [6.45, 7) is 1.87. The molecule has 2 aromatic rings. The zero-order chi connectivity index (χ0) is 12.3. The smallest absolute Gasteiger partial charge is 0.262 e. The lowest BCUT2D eigenvalue weighted by Gasteiger charge is -2.15. The van der Waals surface area contributed by atoms with Gasteiger partial charge in [0.15, 0.2) is 6.10 Å². The Balaban J connectivity index is 2.38. The van der Waals surface area contributed by atoms with Crippen LogP contribution < -0.4 is 4.74 Å². The highest BCUT2D eigenvalue weighted by Gasteiger charge is 2.16. The number of hydrogen-bond acceptors (Lipinski definition) is 2. The van der Waals surface area contributed by atoms with E-state index in [1.165, 1.54) is 0 Å². The normalized spacial score (nSPS) is 12.4. The fraction of sp³-hybridized carbons (Fsp3) is 0.214. The Morgan fingerprint density at radius 2 is 1.94 bits per heavy atom. The molecule has 0 heterocycles. The molecule has 0 fully saturated rings. The van der Waals surface area contributed by atoms with Crippen LogP contribution in [0.3, 0.4) is 0 Å². The van der Waals surface area contributed by atoms with Gasteiger partial charge < -0.3 is 4.74 Å². The monoisotopic (exact) mass is 248 g/mol. The standard InChI is InChI=1S/C14H13ClO2/c1-2-12(14(15)16)17-13-9-5-7-10-6-3-4-8-11(10)13/h3-9,12H,2H2,1H3. The van der Waals surface area contributed by atoms with Crippen LogP contribution in [0, 0.1) is 0 Å². The van der Waals surface area contributed by atoms with Crippen molar-refractivity contribution >= 4 is 27.6 Å². The first-order valence-corrected chi connectivity index (χ1v) is 5.94. The van der Waals surface area contributed by atoms with Crippen LogP contribution >= 0.6 is 11.6 Å². The van der Waals surface area contributed by atoms with Gasteiger partial charge >= 0.3 is 0 Å². The van der Waals surface area contributed by atoms with Crippen molar-refractivity contribution in [3.63, 3.8) is 0 Å². The highest BCUT2D eigenvalue weighted by atomic mass is 35.5. The van der Waals surface area contributed by atoms with E-state index < -0.39 is 11.3 Å².